The summed E-state index contributed by atoms with van der Waals surface area (Å²) in [6.45, 7) is 5.70. The van der Waals surface area contributed by atoms with Gasteiger partial charge in [0.25, 0.3) is 5.56 Å². The van der Waals surface area contributed by atoms with Crippen molar-refractivity contribution in [1.29, 1.82) is 0 Å². The molecule has 0 bridgehead atoms. The number of benzene rings is 2. The van der Waals surface area contributed by atoms with Crippen molar-refractivity contribution in [2.45, 2.75) is 20.8 Å². The molecule has 7 heteroatoms. The highest BCUT2D eigenvalue weighted by Gasteiger charge is 2.13. The number of carbonyl (C=O) groups is 1. The highest BCUT2D eigenvalue weighted by atomic mass is 16.4. The minimum absolute atomic E-state index is 0.205. The first-order valence-electron chi connectivity index (χ1n) is 8.27. The number of rotatable bonds is 4. The molecule has 0 radical (unpaired) electrons. The summed E-state index contributed by atoms with van der Waals surface area (Å²) in [6.07, 6.45) is 1.41. The number of carboxylic acids is 1. The van der Waals surface area contributed by atoms with Crippen LogP contribution in [0.3, 0.4) is 0 Å². The van der Waals surface area contributed by atoms with Crippen LogP contribution >= 0.6 is 0 Å². The average Bonchev–Trinajstić information content (AvgIpc) is 2.87. The highest BCUT2D eigenvalue weighted by Crippen LogP contribution is 2.24. The van der Waals surface area contributed by atoms with E-state index in [-0.39, 0.29) is 16.9 Å². The minimum atomic E-state index is -1.22. The summed E-state index contributed by atoms with van der Waals surface area (Å²) < 4.78 is 1.47. The van der Waals surface area contributed by atoms with Crippen molar-refractivity contribution in [3.63, 3.8) is 0 Å². The number of aromatic hydroxyl groups is 1. The Morgan fingerprint density at radius 1 is 1.15 bits per heavy atom. The normalized spacial score (nSPS) is 11.2. The number of carboxylic acid groups (broad SMARTS) is 1. The Kier molecular flexibility index (Phi) is 4.68. The van der Waals surface area contributed by atoms with Crippen LogP contribution in [-0.4, -0.2) is 32.2 Å². The zero-order valence-electron chi connectivity index (χ0n) is 15.1. The van der Waals surface area contributed by atoms with Crippen molar-refractivity contribution in [3.05, 3.63) is 74.7 Å². The maximum absolute atomic E-state index is 12.8. The highest BCUT2D eigenvalue weighted by molar-refractivity contribution is 5.91. The van der Waals surface area contributed by atoms with E-state index in [4.69, 9.17) is 5.11 Å². The van der Waals surface area contributed by atoms with Crippen molar-refractivity contribution in [2.24, 2.45) is 4.99 Å². The van der Waals surface area contributed by atoms with Crippen LogP contribution in [0.5, 0.6) is 5.75 Å². The summed E-state index contributed by atoms with van der Waals surface area (Å²) in [5, 5.41) is 21.7. The predicted octanol–water partition coefficient (Wildman–Crippen LogP) is 3.25. The van der Waals surface area contributed by atoms with E-state index in [1.54, 1.807) is 6.92 Å². The van der Waals surface area contributed by atoms with Gasteiger partial charge in [0.15, 0.2) is 0 Å². The van der Waals surface area contributed by atoms with E-state index in [9.17, 15) is 14.7 Å². The smallest absolute Gasteiger partial charge is 0.339 e. The molecule has 2 aromatic carbocycles. The standard InChI is InChI=1S/C20H19N3O4/c1-11-4-7-17(12(2)8-11)23-19(25)16(13(3)22-23)10-21-14-5-6-15(20(26)27)18(24)9-14/h4-10,22,24H,1-3H3,(H,26,27). The van der Waals surface area contributed by atoms with Gasteiger partial charge in [0.1, 0.15) is 11.3 Å². The van der Waals surface area contributed by atoms with Gasteiger partial charge in [0, 0.05) is 18.0 Å². The van der Waals surface area contributed by atoms with E-state index in [0.717, 1.165) is 16.8 Å². The van der Waals surface area contributed by atoms with Gasteiger partial charge in [-0.3, -0.25) is 14.9 Å². The Hall–Kier alpha value is -3.61. The molecule has 0 aliphatic heterocycles. The molecule has 0 unspecified atom stereocenters. The van der Waals surface area contributed by atoms with E-state index < -0.39 is 5.97 Å². The summed E-state index contributed by atoms with van der Waals surface area (Å²) in [7, 11) is 0. The molecule has 0 fully saturated rings. The molecule has 0 aliphatic rings. The first-order valence-corrected chi connectivity index (χ1v) is 8.27. The molecule has 1 aromatic heterocycles. The fourth-order valence-electron chi connectivity index (χ4n) is 2.86. The number of hydrogen-bond acceptors (Lipinski definition) is 4. The molecule has 7 nitrogen and oxygen atoms in total. The van der Waals surface area contributed by atoms with Crippen LogP contribution in [0.25, 0.3) is 5.69 Å². The topological polar surface area (TPSA) is 108 Å². The quantitative estimate of drug-likeness (QED) is 0.617. The fraction of sp³-hybridized carbons (Fsp3) is 0.150. The van der Waals surface area contributed by atoms with Gasteiger partial charge in [-0.1, -0.05) is 17.7 Å². The van der Waals surface area contributed by atoms with Gasteiger partial charge in [-0.2, -0.15) is 0 Å². The van der Waals surface area contributed by atoms with E-state index in [1.807, 2.05) is 32.0 Å². The Morgan fingerprint density at radius 3 is 2.52 bits per heavy atom. The molecule has 0 atom stereocenters. The first kappa shape index (κ1) is 18.2. The zero-order chi connectivity index (χ0) is 19.7. The van der Waals surface area contributed by atoms with E-state index >= 15 is 0 Å². The molecule has 1 heterocycles. The van der Waals surface area contributed by atoms with Crippen LogP contribution < -0.4 is 5.56 Å². The van der Waals surface area contributed by atoms with Gasteiger partial charge in [-0.15, -0.1) is 0 Å². The van der Waals surface area contributed by atoms with Crippen molar-refractivity contribution >= 4 is 17.9 Å². The first-order chi connectivity index (χ1) is 12.8. The molecule has 0 aliphatic carbocycles. The van der Waals surface area contributed by atoms with Gasteiger partial charge in [0.2, 0.25) is 0 Å². The summed E-state index contributed by atoms with van der Waals surface area (Å²) in [6, 6.07) is 9.78. The van der Waals surface area contributed by atoms with Crippen molar-refractivity contribution in [2.75, 3.05) is 0 Å². The summed E-state index contributed by atoms with van der Waals surface area (Å²) >= 11 is 0. The number of hydrogen-bond donors (Lipinski definition) is 3. The Labute approximate surface area is 155 Å². The molecular formula is C20H19N3O4. The number of nitrogens with zero attached hydrogens (tertiary/aromatic N) is 2. The van der Waals surface area contributed by atoms with Gasteiger partial charge in [0.05, 0.1) is 16.9 Å². The molecule has 0 saturated heterocycles. The number of aromatic amines is 1. The molecule has 3 rings (SSSR count). The van der Waals surface area contributed by atoms with Gasteiger partial charge >= 0.3 is 5.97 Å². The number of aliphatic imine (C=N–C) groups is 1. The number of aromatic nitrogens is 2. The summed E-state index contributed by atoms with van der Waals surface area (Å²) in [4.78, 5) is 27.9. The second-order valence-electron chi connectivity index (χ2n) is 6.35. The average molecular weight is 365 g/mol. The van der Waals surface area contributed by atoms with Crippen LogP contribution in [0.4, 0.5) is 5.69 Å². The second kappa shape index (κ2) is 6.95. The lowest BCUT2D eigenvalue weighted by Crippen LogP contribution is -2.18. The zero-order valence-corrected chi connectivity index (χ0v) is 15.1. The Balaban J connectivity index is 1.98. The number of aryl methyl sites for hydroxylation is 3. The van der Waals surface area contributed by atoms with Crippen LogP contribution in [0.15, 0.2) is 46.2 Å². The molecule has 138 valence electrons. The number of H-pyrrole nitrogens is 1. The lowest BCUT2D eigenvalue weighted by molar-refractivity contribution is 0.0694. The van der Waals surface area contributed by atoms with Crippen LogP contribution in [-0.2, 0) is 0 Å². The molecule has 3 N–H and O–H groups in total. The minimum Gasteiger partial charge on any atom is -0.507 e. The van der Waals surface area contributed by atoms with Crippen LogP contribution in [0, 0.1) is 20.8 Å². The van der Waals surface area contributed by atoms with Crippen LogP contribution in [0.2, 0.25) is 0 Å². The van der Waals surface area contributed by atoms with Crippen LogP contribution in [0.1, 0.15) is 32.7 Å². The molecule has 0 spiro atoms. The second-order valence-corrected chi connectivity index (χ2v) is 6.35. The SMILES string of the molecule is Cc1ccc(-n2[nH]c(C)c(C=Nc3ccc(C(=O)O)c(O)c3)c2=O)c(C)c1. The number of aromatic carboxylic acids is 1. The van der Waals surface area contributed by atoms with E-state index in [1.165, 1.54) is 29.1 Å². The van der Waals surface area contributed by atoms with Crippen molar-refractivity contribution < 1.29 is 15.0 Å². The molecule has 27 heavy (non-hydrogen) atoms. The monoisotopic (exact) mass is 365 g/mol. The van der Waals surface area contributed by atoms with Gasteiger partial charge < -0.3 is 10.2 Å². The van der Waals surface area contributed by atoms with E-state index in [0.29, 0.717) is 16.9 Å². The maximum Gasteiger partial charge on any atom is 0.339 e. The third-order valence-electron chi connectivity index (χ3n) is 4.26. The van der Waals surface area contributed by atoms with Crippen molar-refractivity contribution in [1.82, 2.24) is 9.78 Å². The lowest BCUT2D eigenvalue weighted by atomic mass is 10.1. The molecular weight excluding hydrogens is 346 g/mol. The van der Waals surface area contributed by atoms with E-state index in [2.05, 4.69) is 10.1 Å². The summed E-state index contributed by atoms with van der Waals surface area (Å²) in [5.41, 5.74) is 3.77. The Bertz CT molecular complexity index is 1120. The number of nitrogens with one attached hydrogen (secondary N) is 1. The van der Waals surface area contributed by atoms with Gasteiger partial charge in [-0.05, 0) is 44.5 Å². The van der Waals surface area contributed by atoms with Gasteiger partial charge in [-0.25, -0.2) is 9.48 Å². The van der Waals surface area contributed by atoms with Crippen molar-refractivity contribution in [3.8, 4) is 11.4 Å². The summed E-state index contributed by atoms with van der Waals surface area (Å²) in [5.74, 6) is -1.60. The molecule has 0 amide bonds. The fourth-order valence-corrected chi connectivity index (χ4v) is 2.86. The Morgan fingerprint density at radius 2 is 1.89 bits per heavy atom. The third kappa shape index (κ3) is 3.52. The largest absolute Gasteiger partial charge is 0.507 e. The molecule has 0 saturated carbocycles. The maximum atomic E-state index is 12.8. The third-order valence-corrected chi connectivity index (χ3v) is 4.26. The number of phenols is 1. The predicted molar refractivity (Wildman–Crippen MR) is 103 cm³/mol. The lowest BCUT2D eigenvalue weighted by Gasteiger charge is -2.06. The molecule has 3 aromatic rings.